The van der Waals surface area contributed by atoms with Crippen LogP contribution in [0.2, 0.25) is 0 Å². The van der Waals surface area contributed by atoms with Crippen molar-refractivity contribution < 1.29 is 4.74 Å². The Morgan fingerprint density at radius 2 is 1.79 bits per heavy atom. The molecule has 19 heavy (non-hydrogen) atoms. The molecule has 0 bridgehead atoms. The second-order valence-corrected chi connectivity index (χ2v) is 4.60. The van der Waals surface area contributed by atoms with Gasteiger partial charge in [0.05, 0.1) is 7.11 Å². The average molecular weight is 255 g/mol. The van der Waals surface area contributed by atoms with Crippen LogP contribution in [0, 0.1) is 0 Å². The minimum Gasteiger partial charge on any atom is -0.497 e. The van der Waals surface area contributed by atoms with Crippen molar-refractivity contribution in [1.82, 2.24) is 5.32 Å². The smallest absolute Gasteiger partial charge is 0.118 e. The van der Waals surface area contributed by atoms with E-state index in [0.717, 1.165) is 12.2 Å². The molecule has 2 aromatic rings. The lowest BCUT2D eigenvalue weighted by molar-refractivity contribution is 0.415. The van der Waals surface area contributed by atoms with E-state index in [-0.39, 0.29) is 0 Å². The number of hydrogen-bond acceptors (Lipinski definition) is 2. The van der Waals surface area contributed by atoms with Gasteiger partial charge in [0, 0.05) is 6.04 Å². The number of hydrogen-bond donors (Lipinski definition) is 1. The van der Waals surface area contributed by atoms with E-state index >= 15 is 0 Å². The van der Waals surface area contributed by atoms with Crippen LogP contribution in [-0.2, 0) is 0 Å². The molecule has 2 nitrogen and oxygen atoms in total. The normalized spacial score (nSPS) is 12.2. The molecule has 2 heteroatoms. The van der Waals surface area contributed by atoms with Crippen LogP contribution < -0.4 is 10.1 Å². The first-order chi connectivity index (χ1) is 9.28. The lowest BCUT2D eigenvalue weighted by Crippen LogP contribution is -2.15. The Bertz CT molecular complexity index is 515. The van der Waals surface area contributed by atoms with E-state index in [0.29, 0.717) is 6.04 Å². The van der Waals surface area contributed by atoms with Crippen LogP contribution in [0.3, 0.4) is 0 Å². The molecule has 0 aliphatic rings. The summed E-state index contributed by atoms with van der Waals surface area (Å²) >= 11 is 0. The molecular weight excluding hydrogens is 234 g/mol. The molecule has 0 amide bonds. The maximum Gasteiger partial charge on any atom is 0.118 e. The Morgan fingerprint density at radius 1 is 1.05 bits per heavy atom. The van der Waals surface area contributed by atoms with E-state index in [9.17, 15) is 0 Å². The molecule has 0 aliphatic carbocycles. The van der Waals surface area contributed by atoms with Crippen LogP contribution in [0.15, 0.2) is 48.5 Å². The summed E-state index contributed by atoms with van der Waals surface area (Å²) in [6, 6.07) is 17.3. The third-order valence-corrected chi connectivity index (χ3v) is 3.47. The fourth-order valence-corrected chi connectivity index (χ4v) is 2.32. The highest BCUT2D eigenvalue weighted by Gasteiger charge is 2.07. The molecule has 0 saturated heterocycles. The second-order valence-electron chi connectivity index (χ2n) is 4.60. The molecule has 1 atom stereocenters. The fourth-order valence-electron chi connectivity index (χ4n) is 2.32. The third-order valence-electron chi connectivity index (χ3n) is 3.47. The van der Waals surface area contributed by atoms with E-state index in [4.69, 9.17) is 4.74 Å². The van der Waals surface area contributed by atoms with Crippen molar-refractivity contribution in [1.29, 1.82) is 0 Å². The summed E-state index contributed by atoms with van der Waals surface area (Å²) in [5, 5.41) is 3.34. The molecule has 0 aliphatic heterocycles. The molecule has 0 aromatic heterocycles. The topological polar surface area (TPSA) is 21.3 Å². The van der Waals surface area contributed by atoms with Gasteiger partial charge in [-0.2, -0.15) is 0 Å². The van der Waals surface area contributed by atoms with Crippen LogP contribution in [0.25, 0.3) is 11.1 Å². The monoisotopic (exact) mass is 255 g/mol. The minimum atomic E-state index is 0.415. The van der Waals surface area contributed by atoms with Gasteiger partial charge in [0.15, 0.2) is 0 Å². The largest absolute Gasteiger partial charge is 0.497 e. The highest BCUT2D eigenvalue weighted by atomic mass is 16.5. The van der Waals surface area contributed by atoms with Crippen molar-refractivity contribution in [2.24, 2.45) is 0 Å². The van der Waals surface area contributed by atoms with Gasteiger partial charge in [-0.3, -0.25) is 0 Å². The molecule has 2 aromatic carbocycles. The number of rotatable bonds is 5. The van der Waals surface area contributed by atoms with E-state index in [2.05, 4.69) is 48.6 Å². The van der Waals surface area contributed by atoms with Crippen LogP contribution in [0.4, 0.5) is 0 Å². The first-order valence-electron chi connectivity index (χ1n) is 6.70. The predicted molar refractivity (Wildman–Crippen MR) is 80.5 cm³/mol. The summed E-state index contributed by atoms with van der Waals surface area (Å²) in [4.78, 5) is 0. The van der Waals surface area contributed by atoms with Crippen molar-refractivity contribution in [2.75, 3.05) is 14.2 Å². The Morgan fingerprint density at radius 3 is 2.37 bits per heavy atom. The Kier molecular flexibility index (Phi) is 4.58. The average Bonchev–Trinajstić information content (AvgIpc) is 2.49. The number of nitrogens with one attached hydrogen (secondary N) is 1. The van der Waals surface area contributed by atoms with Crippen LogP contribution in [-0.4, -0.2) is 14.2 Å². The quantitative estimate of drug-likeness (QED) is 0.871. The van der Waals surface area contributed by atoms with E-state index in [1.165, 1.54) is 16.7 Å². The summed E-state index contributed by atoms with van der Waals surface area (Å²) in [6.07, 6.45) is 1.09. The maximum atomic E-state index is 5.19. The fraction of sp³-hybridized carbons (Fsp3) is 0.294. The van der Waals surface area contributed by atoms with Crippen molar-refractivity contribution in [3.05, 3.63) is 54.1 Å². The molecule has 1 unspecified atom stereocenters. The molecule has 2 rings (SSSR count). The van der Waals surface area contributed by atoms with Gasteiger partial charge in [-0.25, -0.2) is 0 Å². The molecule has 0 saturated carbocycles. The summed E-state index contributed by atoms with van der Waals surface area (Å²) in [6.45, 7) is 2.20. The Hall–Kier alpha value is -1.80. The van der Waals surface area contributed by atoms with E-state index < -0.39 is 0 Å². The van der Waals surface area contributed by atoms with Gasteiger partial charge >= 0.3 is 0 Å². The van der Waals surface area contributed by atoms with Gasteiger partial charge in [-0.1, -0.05) is 37.3 Å². The van der Waals surface area contributed by atoms with Crippen LogP contribution in [0.1, 0.15) is 24.9 Å². The summed E-state index contributed by atoms with van der Waals surface area (Å²) in [5.41, 5.74) is 3.79. The maximum absolute atomic E-state index is 5.19. The highest BCUT2D eigenvalue weighted by molar-refractivity contribution is 5.65. The van der Waals surface area contributed by atoms with Crippen LogP contribution >= 0.6 is 0 Å². The zero-order chi connectivity index (χ0) is 13.7. The number of benzene rings is 2. The zero-order valence-electron chi connectivity index (χ0n) is 11.8. The zero-order valence-corrected chi connectivity index (χ0v) is 11.8. The molecule has 0 fully saturated rings. The minimum absolute atomic E-state index is 0.415. The highest BCUT2D eigenvalue weighted by Crippen LogP contribution is 2.26. The lowest BCUT2D eigenvalue weighted by atomic mass is 9.98. The lowest BCUT2D eigenvalue weighted by Gasteiger charge is -2.15. The van der Waals surface area contributed by atoms with Gasteiger partial charge in [0.2, 0.25) is 0 Å². The molecule has 100 valence electrons. The second kappa shape index (κ2) is 6.39. The molecule has 0 radical (unpaired) electrons. The van der Waals surface area contributed by atoms with E-state index in [1.807, 2.05) is 19.2 Å². The predicted octanol–water partition coefficient (Wildman–Crippen LogP) is 4.03. The van der Waals surface area contributed by atoms with Crippen molar-refractivity contribution in [3.8, 4) is 16.9 Å². The molecule has 0 heterocycles. The van der Waals surface area contributed by atoms with Gasteiger partial charge in [0.25, 0.3) is 0 Å². The van der Waals surface area contributed by atoms with Crippen LogP contribution in [0.5, 0.6) is 5.75 Å². The van der Waals surface area contributed by atoms with Gasteiger partial charge in [-0.05, 0) is 48.4 Å². The Labute approximate surface area is 115 Å². The van der Waals surface area contributed by atoms with Gasteiger partial charge < -0.3 is 10.1 Å². The number of methoxy groups -OCH3 is 1. The summed E-state index contributed by atoms with van der Waals surface area (Å²) < 4.78 is 5.19. The third kappa shape index (κ3) is 3.15. The molecule has 1 N–H and O–H groups in total. The van der Waals surface area contributed by atoms with Crippen molar-refractivity contribution in [3.63, 3.8) is 0 Å². The summed E-state index contributed by atoms with van der Waals surface area (Å²) in [7, 11) is 3.70. The number of ether oxygens (including phenoxy) is 1. The van der Waals surface area contributed by atoms with Crippen molar-refractivity contribution in [2.45, 2.75) is 19.4 Å². The first-order valence-corrected chi connectivity index (χ1v) is 6.70. The first kappa shape index (κ1) is 13.6. The summed E-state index contributed by atoms with van der Waals surface area (Å²) in [5.74, 6) is 0.890. The van der Waals surface area contributed by atoms with Gasteiger partial charge in [-0.15, -0.1) is 0 Å². The SMILES string of the molecule is CCC(NC)c1cccc(-c2ccc(OC)cc2)c1. The molecule has 0 spiro atoms. The van der Waals surface area contributed by atoms with E-state index in [1.54, 1.807) is 7.11 Å². The van der Waals surface area contributed by atoms with Crippen molar-refractivity contribution >= 4 is 0 Å². The van der Waals surface area contributed by atoms with Gasteiger partial charge in [0.1, 0.15) is 5.75 Å². The molecular formula is C17H21NO. The Balaban J connectivity index is 2.31. The standard InChI is InChI=1S/C17H21NO/c1-4-17(18-2)15-7-5-6-14(12-15)13-8-10-16(19-3)11-9-13/h5-12,17-18H,4H2,1-3H3.